The minimum absolute atomic E-state index is 0.285. The Morgan fingerprint density at radius 1 is 0.697 bits per heavy atom. The molecule has 0 saturated heterocycles. The molecule has 0 fully saturated rings. The highest BCUT2D eigenvalue weighted by Crippen LogP contribution is 2.35. The summed E-state index contributed by atoms with van der Waals surface area (Å²) in [4.78, 5) is 2.32. The van der Waals surface area contributed by atoms with Gasteiger partial charge in [0.15, 0.2) is 0 Å². The fourth-order valence-corrected chi connectivity index (χ4v) is 3.92. The van der Waals surface area contributed by atoms with E-state index in [1.807, 2.05) is 0 Å². The predicted molar refractivity (Wildman–Crippen MR) is 140 cm³/mol. The zero-order valence-corrected chi connectivity index (χ0v) is 20.5. The molecular weight excluding hydrogens is 406 g/mol. The molecule has 3 rings (SSSR count). The van der Waals surface area contributed by atoms with E-state index < -0.39 is 0 Å². The molecule has 0 aliphatic heterocycles. The molecule has 33 heavy (non-hydrogen) atoms. The van der Waals surface area contributed by atoms with Crippen LogP contribution >= 0.6 is 0 Å². The average Bonchev–Trinajstić information content (AvgIpc) is 2.84. The standard InChI is InChI=1S/C30H39NO2/c1-4-5-21-33-23-27-13-18-29(19-14-27)31(30-15-10-24(2)25(3)22-30)28-16-11-26(12-17-28)9-7-6-8-20-32/h10-19,22,32H,4-9,20-21,23H2,1-3H3. The molecule has 176 valence electrons. The molecule has 3 aromatic rings. The lowest BCUT2D eigenvalue weighted by atomic mass is 10.0. The van der Waals surface area contributed by atoms with Crippen LogP contribution < -0.4 is 4.90 Å². The number of unbranched alkanes of at least 4 members (excludes halogenated alkanes) is 3. The molecule has 0 aliphatic rings. The highest BCUT2D eigenvalue weighted by Gasteiger charge is 2.13. The number of aliphatic hydroxyl groups is 1. The van der Waals surface area contributed by atoms with Crippen molar-refractivity contribution < 1.29 is 9.84 Å². The van der Waals surface area contributed by atoms with Gasteiger partial charge in [0.2, 0.25) is 0 Å². The van der Waals surface area contributed by atoms with Gasteiger partial charge in [-0.1, -0.05) is 50.1 Å². The topological polar surface area (TPSA) is 32.7 Å². The molecule has 3 aromatic carbocycles. The van der Waals surface area contributed by atoms with Crippen LogP contribution in [0.3, 0.4) is 0 Å². The van der Waals surface area contributed by atoms with Gasteiger partial charge in [-0.25, -0.2) is 0 Å². The Hall–Kier alpha value is -2.62. The summed E-state index contributed by atoms with van der Waals surface area (Å²) in [6, 6.07) is 24.3. The van der Waals surface area contributed by atoms with E-state index in [2.05, 4.69) is 92.4 Å². The first-order valence-corrected chi connectivity index (χ1v) is 12.4. The van der Waals surface area contributed by atoms with E-state index in [0.29, 0.717) is 6.61 Å². The zero-order valence-electron chi connectivity index (χ0n) is 20.5. The number of hydrogen-bond donors (Lipinski definition) is 1. The second kappa shape index (κ2) is 13.2. The maximum atomic E-state index is 8.98. The highest BCUT2D eigenvalue weighted by molar-refractivity contribution is 5.77. The number of nitrogens with zero attached hydrogens (tertiary/aromatic N) is 1. The van der Waals surface area contributed by atoms with Crippen molar-refractivity contribution in [1.82, 2.24) is 0 Å². The van der Waals surface area contributed by atoms with Gasteiger partial charge >= 0.3 is 0 Å². The largest absolute Gasteiger partial charge is 0.396 e. The summed E-state index contributed by atoms with van der Waals surface area (Å²) in [6.07, 6.45) is 6.39. The normalized spacial score (nSPS) is 11.0. The quantitative estimate of drug-likeness (QED) is 0.272. The lowest BCUT2D eigenvalue weighted by Crippen LogP contribution is -2.10. The first kappa shape index (κ1) is 25.0. The molecule has 0 aliphatic carbocycles. The maximum Gasteiger partial charge on any atom is 0.0716 e. The van der Waals surface area contributed by atoms with E-state index in [1.54, 1.807) is 0 Å². The molecule has 0 bridgehead atoms. The molecule has 0 radical (unpaired) electrons. The number of hydrogen-bond acceptors (Lipinski definition) is 3. The molecular formula is C30H39NO2. The van der Waals surface area contributed by atoms with Crippen molar-refractivity contribution in [2.75, 3.05) is 18.1 Å². The summed E-state index contributed by atoms with van der Waals surface area (Å²) >= 11 is 0. The van der Waals surface area contributed by atoms with Crippen LogP contribution in [0.25, 0.3) is 0 Å². The second-order valence-electron chi connectivity index (χ2n) is 8.88. The molecule has 3 nitrogen and oxygen atoms in total. The van der Waals surface area contributed by atoms with Crippen molar-refractivity contribution in [2.45, 2.75) is 65.9 Å². The van der Waals surface area contributed by atoms with Crippen LogP contribution in [0.5, 0.6) is 0 Å². The SMILES string of the molecule is CCCCOCc1ccc(N(c2ccc(CCCCCO)cc2)c2ccc(C)c(C)c2)cc1. The summed E-state index contributed by atoms with van der Waals surface area (Å²) in [7, 11) is 0. The average molecular weight is 446 g/mol. The number of benzene rings is 3. The van der Waals surface area contributed by atoms with Crippen molar-refractivity contribution >= 4 is 17.1 Å². The van der Waals surface area contributed by atoms with Crippen LogP contribution in [0, 0.1) is 13.8 Å². The Labute approximate surface area is 200 Å². The zero-order chi connectivity index (χ0) is 23.5. The Kier molecular flexibility index (Phi) is 9.99. The third-order valence-electron chi connectivity index (χ3n) is 6.17. The Morgan fingerprint density at radius 3 is 1.94 bits per heavy atom. The van der Waals surface area contributed by atoms with Gasteiger partial charge in [0.1, 0.15) is 0 Å². The predicted octanol–water partition coefficient (Wildman–Crippen LogP) is 7.80. The van der Waals surface area contributed by atoms with Gasteiger partial charge in [-0.2, -0.15) is 0 Å². The van der Waals surface area contributed by atoms with Crippen LogP contribution in [0.2, 0.25) is 0 Å². The molecule has 0 spiro atoms. The second-order valence-corrected chi connectivity index (χ2v) is 8.88. The Morgan fingerprint density at radius 2 is 1.33 bits per heavy atom. The molecule has 0 heterocycles. The summed E-state index contributed by atoms with van der Waals surface area (Å²) in [5.74, 6) is 0. The summed E-state index contributed by atoms with van der Waals surface area (Å²) in [5, 5.41) is 8.98. The van der Waals surface area contributed by atoms with Crippen LogP contribution in [0.1, 0.15) is 61.3 Å². The number of aliphatic hydroxyl groups excluding tert-OH is 1. The van der Waals surface area contributed by atoms with Gasteiger partial charge in [0, 0.05) is 30.3 Å². The lowest BCUT2D eigenvalue weighted by molar-refractivity contribution is 0.118. The van der Waals surface area contributed by atoms with E-state index >= 15 is 0 Å². The van der Waals surface area contributed by atoms with Crippen molar-refractivity contribution in [2.24, 2.45) is 0 Å². The van der Waals surface area contributed by atoms with E-state index in [0.717, 1.165) is 56.5 Å². The van der Waals surface area contributed by atoms with Gasteiger partial charge < -0.3 is 14.7 Å². The van der Waals surface area contributed by atoms with Crippen LogP contribution in [-0.4, -0.2) is 18.3 Å². The van der Waals surface area contributed by atoms with Crippen molar-refractivity contribution in [3.05, 3.63) is 89.0 Å². The van der Waals surface area contributed by atoms with Crippen LogP contribution in [0.4, 0.5) is 17.1 Å². The van der Waals surface area contributed by atoms with Crippen molar-refractivity contribution in [3.63, 3.8) is 0 Å². The van der Waals surface area contributed by atoms with E-state index in [9.17, 15) is 0 Å². The number of aryl methyl sites for hydroxylation is 3. The van der Waals surface area contributed by atoms with Gasteiger partial charge in [-0.15, -0.1) is 0 Å². The molecule has 3 heteroatoms. The van der Waals surface area contributed by atoms with Gasteiger partial charge in [-0.3, -0.25) is 0 Å². The number of ether oxygens (including phenoxy) is 1. The third-order valence-corrected chi connectivity index (χ3v) is 6.17. The van der Waals surface area contributed by atoms with Crippen LogP contribution in [-0.2, 0) is 17.8 Å². The number of rotatable bonds is 13. The molecule has 0 aromatic heterocycles. The summed E-state index contributed by atoms with van der Waals surface area (Å²) < 4.78 is 5.79. The lowest BCUT2D eigenvalue weighted by Gasteiger charge is -2.26. The van der Waals surface area contributed by atoms with Gasteiger partial charge in [-0.05, 0) is 98.2 Å². The first-order valence-electron chi connectivity index (χ1n) is 12.4. The fraction of sp³-hybridized carbons (Fsp3) is 0.400. The first-order chi connectivity index (χ1) is 16.1. The Balaban J connectivity index is 1.82. The van der Waals surface area contributed by atoms with Gasteiger partial charge in [0.05, 0.1) is 6.61 Å². The van der Waals surface area contributed by atoms with Gasteiger partial charge in [0.25, 0.3) is 0 Å². The molecule has 0 saturated carbocycles. The van der Waals surface area contributed by atoms with Crippen molar-refractivity contribution in [1.29, 1.82) is 0 Å². The molecule has 0 amide bonds. The minimum atomic E-state index is 0.285. The molecule has 0 unspecified atom stereocenters. The minimum Gasteiger partial charge on any atom is -0.396 e. The fourth-order valence-electron chi connectivity index (χ4n) is 3.92. The number of anilines is 3. The monoisotopic (exact) mass is 445 g/mol. The van der Waals surface area contributed by atoms with E-state index in [1.165, 1.54) is 27.9 Å². The molecule has 1 N–H and O–H groups in total. The van der Waals surface area contributed by atoms with Crippen molar-refractivity contribution in [3.8, 4) is 0 Å². The van der Waals surface area contributed by atoms with Crippen LogP contribution in [0.15, 0.2) is 66.7 Å². The van der Waals surface area contributed by atoms with E-state index in [-0.39, 0.29) is 6.61 Å². The third kappa shape index (κ3) is 7.45. The smallest absolute Gasteiger partial charge is 0.0716 e. The molecule has 0 atom stereocenters. The summed E-state index contributed by atoms with van der Waals surface area (Å²) in [6.45, 7) is 8.27. The highest BCUT2D eigenvalue weighted by atomic mass is 16.5. The summed E-state index contributed by atoms with van der Waals surface area (Å²) in [5.41, 5.74) is 8.61. The maximum absolute atomic E-state index is 8.98. The van der Waals surface area contributed by atoms with E-state index in [4.69, 9.17) is 9.84 Å². The Bertz CT molecular complexity index is 908.